The number of rotatable bonds is 6. The van der Waals surface area contributed by atoms with Crippen molar-refractivity contribution in [3.05, 3.63) is 84.0 Å². The van der Waals surface area contributed by atoms with Crippen LogP contribution in [0.1, 0.15) is 12.8 Å². The average Bonchev–Trinajstić information content (AvgIpc) is 3.57. The summed E-state index contributed by atoms with van der Waals surface area (Å²) in [5.74, 6) is -0.248. The van der Waals surface area contributed by atoms with Crippen molar-refractivity contribution >= 4 is 56.5 Å². The van der Waals surface area contributed by atoms with Gasteiger partial charge >= 0.3 is 0 Å². The maximum atomic E-state index is 13.8. The number of hydrogen-bond acceptors (Lipinski definition) is 6. The van der Waals surface area contributed by atoms with Gasteiger partial charge in [0.2, 0.25) is 5.91 Å². The molecule has 0 bridgehead atoms. The molecule has 3 aromatic carbocycles. The van der Waals surface area contributed by atoms with Crippen molar-refractivity contribution in [2.45, 2.75) is 18.9 Å². The molecular formula is C29H25ClFN7O. The van der Waals surface area contributed by atoms with E-state index < -0.39 is 5.82 Å². The van der Waals surface area contributed by atoms with E-state index in [0.29, 0.717) is 28.1 Å². The third kappa shape index (κ3) is 5.06. The summed E-state index contributed by atoms with van der Waals surface area (Å²) in [6.07, 6.45) is 8.91. The third-order valence-electron chi connectivity index (χ3n) is 7.02. The Morgan fingerprint density at radius 3 is 2.90 bits per heavy atom. The lowest BCUT2D eigenvalue weighted by Crippen LogP contribution is -2.23. The summed E-state index contributed by atoms with van der Waals surface area (Å²) in [5.41, 5.74) is 4.26. The lowest BCUT2D eigenvalue weighted by molar-refractivity contribution is -0.111. The largest absolute Gasteiger partial charge is 0.340 e. The summed E-state index contributed by atoms with van der Waals surface area (Å²) >= 11 is 6.02. The van der Waals surface area contributed by atoms with Crippen LogP contribution in [0.25, 0.3) is 32.9 Å². The van der Waals surface area contributed by atoms with Crippen LogP contribution in [0, 0.1) is 5.82 Å². The van der Waals surface area contributed by atoms with Crippen molar-refractivity contribution in [3.8, 4) is 11.1 Å². The van der Waals surface area contributed by atoms with E-state index >= 15 is 0 Å². The van der Waals surface area contributed by atoms with Crippen LogP contribution in [0.2, 0.25) is 5.02 Å². The Morgan fingerprint density at radius 1 is 1.18 bits per heavy atom. The minimum absolute atomic E-state index is 0.00377. The predicted octanol–water partition coefficient (Wildman–Crippen LogP) is 6.30. The van der Waals surface area contributed by atoms with Gasteiger partial charge in [-0.05, 0) is 68.4 Å². The summed E-state index contributed by atoms with van der Waals surface area (Å²) in [5, 5.41) is 15.1. The number of nitrogens with one attached hydrogen (secondary N) is 3. The van der Waals surface area contributed by atoms with E-state index in [1.54, 1.807) is 18.3 Å². The zero-order valence-electron chi connectivity index (χ0n) is 21.1. The Kier molecular flexibility index (Phi) is 6.68. The van der Waals surface area contributed by atoms with Crippen molar-refractivity contribution in [3.63, 3.8) is 0 Å². The molecule has 1 fully saturated rings. The van der Waals surface area contributed by atoms with Crippen LogP contribution in [0.15, 0.2) is 73.2 Å². The SMILES string of the molecule is CN1CCCC1C=CC(=O)Nc1ccc2ncnc(Nc3ccc(F)c(Cl)c3)c2c1-c1ccc2cn[nH]c2c1. The van der Waals surface area contributed by atoms with Crippen molar-refractivity contribution in [2.75, 3.05) is 24.2 Å². The number of hydrogen-bond donors (Lipinski definition) is 3. The van der Waals surface area contributed by atoms with E-state index in [1.165, 1.54) is 18.5 Å². The van der Waals surface area contributed by atoms with E-state index in [2.05, 4.69) is 42.7 Å². The summed E-state index contributed by atoms with van der Waals surface area (Å²) in [7, 11) is 2.07. The zero-order chi connectivity index (χ0) is 26.9. The summed E-state index contributed by atoms with van der Waals surface area (Å²) in [6.45, 7) is 1.02. The molecule has 1 amide bonds. The Bertz CT molecular complexity index is 1730. The highest BCUT2D eigenvalue weighted by Gasteiger charge is 2.20. The van der Waals surface area contributed by atoms with Crippen LogP contribution >= 0.6 is 11.6 Å². The standard InChI is InChI=1S/C29H25ClFN7O/c1-38-12-2-3-20(38)7-11-26(39)36-24-10-9-23-28(27(24)17-4-5-18-15-34-37-25(18)13-17)29(33-16-32-23)35-19-6-8-22(31)21(30)14-19/h4-11,13-16,20H,2-3,12H2,1H3,(H,34,37)(H,36,39)(H,32,33,35). The molecule has 5 aromatic rings. The number of nitrogens with zero attached hydrogens (tertiary/aromatic N) is 4. The second-order valence-electron chi connectivity index (χ2n) is 9.57. The molecule has 1 saturated heterocycles. The van der Waals surface area contributed by atoms with E-state index in [-0.39, 0.29) is 17.0 Å². The number of benzene rings is 3. The lowest BCUT2D eigenvalue weighted by Gasteiger charge is -2.17. The van der Waals surface area contributed by atoms with E-state index in [9.17, 15) is 9.18 Å². The van der Waals surface area contributed by atoms with Gasteiger partial charge in [-0.2, -0.15) is 5.10 Å². The molecule has 0 spiro atoms. The Hall–Kier alpha value is -4.34. The number of H-pyrrole nitrogens is 1. The first kappa shape index (κ1) is 25.0. The van der Waals surface area contributed by atoms with Crippen LogP contribution in [-0.4, -0.2) is 50.6 Å². The van der Waals surface area contributed by atoms with Gasteiger partial charge in [0.1, 0.15) is 18.0 Å². The number of amides is 1. The van der Waals surface area contributed by atoms with Gasteiger partial charge < -0.3 is 10.6 Å². The number of aromatic nitrogens is 4. The molecule has 0 aliphatic carbocycles. The number of aromatic amines is 1. The Balaban J connectivity index is 1.47. The molecule has 6 rings (SSSR count). The molecule has 196 valence electrons. The van der Waals surface area contributed by atoms with Crippen molar-refractivity contribution in [1.29, 1.82) is 0 Å². The number of carbonyl (C=O) groups excluding carboxylic acids is 1. The highest BCUT2D eigenvalue weighted by molar-refractivity contribution is 6.31. The average molecular weight is 542 g/mol. The molecule has 3 heterocycles. The monoisotopic (exact) mass is 541 g/mol. The fraction of sp³-hybridized carbons (Fsp3) is 0.172. The first-order chi connectivity index (χ1) is 19.0. The molecular weight excluding hydrogens is 517 g/mol. The number of fused-ring (bicyclic) bond motifs is 2. The van der Waals surface area contributed by atoms with Crippen LogP contribution in [-0.2, 0) is 4.79 Å². The second-order valence-corrected chi connectivity index (χ2v) is 9.98. The maximum Gasteiger partial charge on any atom is 0.248 e. The van der Waals surface area contributed by atoms with Crippen molar-refractivity contribution in [1.82, 2.24) is 25.1 Å². The minimum atomic E-state index is -0.509. The van der Waals surface area contributed by atoms with Crippen LogP contribution in [0.4, 0.5) is 21.6 Å². The number of likely N-dealkylation sites (N-methyl/N-ethyl adjacent to an activating group) is 1. The smallest absolute Gasteiger partial charge is 0.248 e. The van der Waals surface area contributed by atoms with Gasteiger partial charge in [-0.1, -0.05) is 29.8 Å². The zero-order valence-corrected chi connectivity index (χ0v) is 21.8. The Labute approximate surface area is 228 Å². The van der Waals surface area contributed by atoms with Crippen LogP contribution in [0.5, 0.6) is 0 Å². The van der Waals surface area contributed by atoms with Crippen LogP contribution in [0.3, 0.4) is 0 Å². The van der Waals surface area contributed by atoms with Crippen molar-refractivity contribution < 1.29 is 9.18 Å². The molecule has 39 heavy (non-hydrogen) atoms. The van der Waals surface area contributed by atoms with Crippen molar-refractivity contribution in [2.24, 2.45) is 0 Å². The maximum absolute atomic E-state index is 13.8. The molecule has 2 aromatic heterocycles. The minimum Gasteiger partial charge on any atom is -0.340 e. The molecule has 1 aliphatic heterocycles. The normalized spacial score (nSPS) is 15.9. The van der Waals surface area contributed by atoms with E-state index in [4.69, 9.17) is 11.6 Å². The number of carbonyl (C=O) groups is 1. The molecule has 10 heteroatoms. The third-order valence-corrected chi connectivity index (χ3v) is 7.31. The number of anilines is 3. The van der Waals surface area contributed by atoms with Gasteiger partial charge in [0, 0.05) is 34.4 Å². The number of halogens is 2. The van der Waals surface area contributed by atoms with Gasteiger partial charge in [0.15, 0.2) is 0 Å². The van der Waals surface area contributed by atoms with Gasteiger partial charge in [0.25, 0.3) is 0 Å². The van der Waals surface area contributed by atoms with E-state index in [1.807, 2.05) is 36.4 Å². The Morgan fingerprint density at radius 2 is 2.08 bits per heavy atom. The fourth-order valence-corrected chi connectivity index (χ4v) is 5.19. The molecule has 1 unspecified atom stereocenters. The van der Waals surface area contributed by atoms with Gasteiger partial charge in [0.05, 0.1) is 27.6 Å². The molecule has 8 nitrogen and oxygen atoms in total. The first-order valence-corrected chi connectivity index (χ1v) is 13.0. The lowest BCUT2D eigenvalue weighted by atomic mass is 9.97. The van der Waals surface area contributed by atoms with Gasteiger partial charge in [-0.3, -0.25) is 14.8 Å². The molecule has 0 saturated carbocycles. The highest BCUT2D eigenvalue weighted by atomic mass is 35.5. The van der Waals surface area contributed by atoms with Gasteiger partial charge in [-0.15, -0.1) is 0 Å². The molecule has 0 radical (unpaired) electrons. The molecule has 3 N–H and O–H groups in total. The summed E-state index contributed by atoms with van der Waals surface area (Å²) in [4.78, 5) is 24.3. The summed E-state index contributed by atoms with van der Waals surface area (Å²) < 4.78 is 13.8. The molecule has 1 atom stereocenters. The highest BCUT2D eigenvalue weighted by Crippen LogP contribution is 2.40. The summed E-state index contributed by atoms with van der Waals surface area (Å²) in [6, 6.07) is 14.2. The van der Waals surface area contributed by atoms with E-state index in [0.717, 1.165) is 41.4 Å². The fourth-order valence-electron chi connectivity index (χ4n) is 5.01. The predicted molar refractivity (Wildman–Crippen MR) is 153 cm³/mol. The van der Waals surface area contributed by atoms with Crippen LogP contribution < -0.4 is 10.6 Å². The topological polar surface area (TPSA) is 98.8 Å². The first-order valence-electron chi connectivity index (χ1n) is 12.6. The quantitative estimate of drug-likeness (QED) is 0.218. The van der Waals surface area contributed by atoms with Gasteiger partial charge in [-0.25, -0.2) is 14.4 Å². The molecule has 1 aliphatic rings. The number of likely N-dealkylation sites (tertiary alicyclic amines) is 1. The second kappa shape index (κ2) is 10.4.